The first kappa shape index (κ1) is 12.7. The molecule has 1 aliphatic rings. The van der Waals surface area contributed by atoms with Crippen LogP contribution in [0, 0.1) is 5.82 Å². The topological polar surface area (TPSA) is 36.4 Å². The number of hydrogen-bond donors (Lipinski definition) is 2. The number of benzene rings is 1. The van der Waals surface area contributed by atoms with Crippen LogP contribution >= 0.6 is 12.2 Å². The van der Waals surface area contributed by atoms with Crippen LogP contribution in [-0.2, 0) is 0 Å². The van der Waals surface area contributed by atoms with Crippen LogP contribution in [0.3, 0.4) is 0 Å². The predicted molar refractivity (Wildman–Crippen MR) is 76.2 cm³/mol. The van der Waals surface area contributed by atoms with E-state index >= 15 is 0 Å². The Kier molecular flexibility index (Phi) is 4.04. The molecule has 0 aromatic heterocycles. The molecule has 0 bridgehead atoms. The number of hydrazone groups is 1. The molecule has 1 aromatic rings. The van der Waals surface area contributed by atoms with Crippen molar-refractivity contribution >= 4 is 28.7 Å². The van der Waals surface area contributed by atoms with E-state index in [1.807, 2.05) is 6.08 Å². The van der Waals surface area contributed by atoms with Crippen molar-refractivity contribution in [2.75, 3.05) is 5.32 Å². The molecule has 0 fully saturated rings. The Morgan fingerprint density at radius 2 is 2.00 bits per heavy atom. The zero-order chi connectivity index (χ0) is 13.0. The lowest BCUT2D eigenvalue weighted by atomic mass is 10.3. The summed E-state index contributed by atoms with van der Waals surface area (Å²) < 4.78 is 12.7. The van der Waals surface area contributed by atoms with E-state index in [-0.39, 0.29) is 5.82 Å². The van der Waals surface area contributed by atoms with Gasteiger partial charge in [-0.25, -0.2) is 4.39 Å². The van der Waals surface area contributed by atoms with Crippen molar-refractivity contribution in [3.63, 3.8) is 0 Å². The van der Waals surface area contributed by atoms with Crippen LogP contribution in [0.5, 0.6) is 0 Å². The number of allylic oxidation sites excluding steroid dienone is 2. The maximum Gasteiger partial charge on any atom is 0.191 e. The Hall–Kier alpha value is -1.75. The molecule has 1 aliphatic carbocycles. The highest BCUT2D eigenvalue weighted by molar-refractivity contribution is 7.80. The molecule has 0 atom stereocenters. The lowest BCUT2D eigenvalue weighted by Crippen LogP contribution is -2.24. The van der Waals surface area contributed by atoms with Gasteiger partial charge in [0.25, 0.3) is 0 Å². The molecule has 2 N–H and O–H groups in total. The van der Waals surface area contributed by atoms with Crippen LogP contribution < -0.4 is 10.7 Å². The van der Waals surface area contributed by atoms with Gasteiger partial charge in [-0.3, -0.25) is 5.43 Å². The summed E-state index contributed by atoms with van der Waals surface area (Å²) in [6.07, 6.45) is 4.05. The lowest BCUT2D eigenvalue weighted by molar-refractivity contribution is 0.628. The number of nitrogens with zero attached hydrogens (tertiary/aromatic N) is 1. The lowest BCUT2D eigenvalue weighted by Gasteiger charge is -2.07. The summed E-state index contributed by atoms with van der Waals surface area (Å²) in [5, 5.41) is 7.53. The maximum absolute atomic E-state index is 12.7. The first-order valence-electron chi connectivity index (χ1n) is 5.70. The maximum atomic E-state index is 12.7. The van der Waals surface area contributed by atoms with Crippen LogP contribution in [0.25, 0.3) is 0 Å². The van der Waals surface area contributed by atoms with E-state index in [9.17, 15) is 4.39 Å². The predicted octanol–water partition coefficient (Wildman–Crippen LogP) is 3.21. The molecule has 94 valence electrons. The summed E-state index contributed by atoms with van der Waals surface area (Å²) >= 11 is 5.09. The third kappa shape index (κ3) is 3.63. The third-order valence-corrected chi connectivity index (χ3v) is 2.78. The smallest absolute Gasteiger partial charge is 0.191 e. The molecule has 0 heterocycles. The molecule has 0 amide bonds. The van der Waals surface area contributed by atoms with Crippen molar-refractivity contribution < 1.29 is 4.39 Å². The third-order valence-electron chi connectivity index (χ3n) is 2.59. The normalized spacial score (nSPS) is 16.6. The Bertz CT molecular complexity index is 505. The Balaban J connectivity index is 1.88. The van der Waals surface area contributed by atoms with Gasteiger partial charge in [0.05, 0.1) is 5.71 Å². The molecular formula is C13H14FN3S. The minimum atomic E-state index is -0.272. The van der Waals surface area contributed by atoms with E-state index in [2.05, 4.69) is 22.8 Å². The SMILES string of the molecule is CC1=C/C(=N/NC(=S)Nc2ccc(F)cc2)CC1. The van der Waals surface area contributed by atoms with Gasteiger partial charge in [0.2, 0.25) is 0 Å². The Labute approximate surface area is 111 Å². The second-order valence-electron chi connectivity index (χ2n) is 4.17. The molecule has 18 heavy (non-hydrogen) atoms. The molecule has 0 unspecified atom stereocenters. The van der Waals surface area contributed by atoms with Crippen molar-refractivity contribution in [1.29, 1.82) is 0 Å². The fourth-order valence-electron chi connectivity index (χ4n) is 1.66. The van der Waals surface area contributed by atoms with Gasteiger partial charge in [0.1, 0.15) is 5.82 Å². The van der Waals surface area contributed by atoms with E-state index in [0.717, 1.165) is 24.2 Å². The second kappa shape index (κ2) is 5.73. The number of anilines is 1. The highest BCUT2D eigenvalue weighted by atomic mass is 32.1. The molecule has 0 spiro atoms. The van der Waals surface area contributed by atoms with Gasteiger partial charge in [-0.1, -0.05) is 5.57 Å². The summed E-state index contributed by atoms with van der Waals surface area (Å²) in [6, 6.07) is 5.99. The van der Waals surface area contributed by atoms with Gasteiger partial charge in [0.15, 0.2) is 5.11 Å². The van der Waals surface area contributed by atoms with Gasteiger partial charge < -0.3 is 5.32 Å². The van der Waals surface area contributed by atoms with Crippen LogP contribution in [0.1, 0.15) is 19.8 Å². The minimum Gasteiger partial charge on any atom is -0.331 e. The number of rotatable bonds is 2. The Morgan fingerprint density at radius 1 is 1.28 bits per heavy atom. The van der Waals surface area contributed by atoms with E-state index in [4.69, 9.17) is 12.2 Å². The highest BCUT2D eigenvalue weighted by Crippen LogP contribution is 2.14. The molecule has 1 aromatic carbocycles. The van der Waals surface area contributed by atoms with Crippen LogP contribution in [-0.4, -0.2) is 10.8 Å². The van der Waals surface area contributed by atoms with Crippen LogP contribution in [0.15, 0.2) is 41.0 Å². The van der Waals surface area contributed by atoms with Crippen LogP contribution in [0.4, 0.5) is 10.1 Å². The largest absolute Gasteiger partial charge is 0.331 e. The minimum absolute atomic E-state index is 0.272. The summed E-state index contributed by atoms with van der Waals surface area (Å²) in [5.41, 5.74) is 5.83. The highest BCUT2D eigenvalue weighted by Gasteiger charge is 2.06. The molecule has 0 radical (unpaired) electrons. The average molecular weight is 263 g/mol. The van der Waals surface area contributed by atoms with Crippen molar-refractivity contribution in [3.8, 4) is 0 Å². The van der Waals surface area contributed by atoms with Gasteiger partial charge in [-0.15, -0.1) is 0 Å². The van der Waals surface area contributed by atoms with Crippen molar-refractivity contribution in [3.05, 3.63) is 41.7 Å². The molecule has 2 rings (SSSR count). The number of thiocarbonyl (C=S) groups is 1. The number of hydrogen-bond acceptors (Lipinski definition) is 2. The van der Waals surface area contributed by atoms with Crippen molar-refractivity contribution in [2.45, 2.75) is 19.8 Å². The average Bonchev–Trinajstić information content (AvgIpc) is 2.76. The van der Waals surface area contributed by atoms with Crippen molar-refractivity contribution in [2.24, 2.45) is 5.10 Å². The van der Waals surface area contributed by atoms with E-state index in [0.29, 0.717) is 5.11 Å². The zero-order valence-corrected chi connectivity index (χ0v) is 10.9. The molecule has 3 nitrogen and oxygen atoms in total. The number of nitrogens with one attached hydrogen (secondary N) is 2. The molecular weight excluding hydrogens is 249 g/mol. The van der Waals surface area contributed by atoms with Crippen molar-refractivity contribution in [1.82, 2.24) is 5.43 Å². The standard InChI is InChI=1S/C13H14FN3S/c1-9-2-5-12(8-9)16-17-13(18)15-11-6-3-10(14)4-7-11/h3-4,6-8H,2,5H2,1H3,(H2,15,17,18)/b16-12+. The monoisotopic (exact) mass is 263 g/mol. The molecule has 0 aliphatic heterocycles. The second-order valence-corrected chi connectivity index (χ2v) is 4.57. The first-order valence-corrected chi connectivity index (χ1v) is 6.10. The van der Waals surface area contributed by atoms with E-state index in [1.165, 1.54) is 17.7 Å². The fourth-order valence-corrected chi connectivity index (χ4v) is 1.82. The molecule has 5 heteroatoms. The summed E-state index contributed by atoms with van der Waals surface area (Å²) in [7, 11) is 0. The van der Waals surface area contributed by atoms with Crippen LogP contribution in [0.2, 0.25) is 0 Å². The zero-order valence-electron chi connectivity index (χ0n) is 10.0. The first-order chi connectivity index (χ1) is 8.63. The number of halogens is 1. The van der Waals surface area contributed by atoms with Gasteiger partial charge in [0, 0.05) is 5.69 Å². The summed E-state index contributed by atoms with van der Waals surface area (Å²) in [4.78, 5) is 0. The summed E-state index contributed by atoms with van der Waals surface area (Å²) in [5.74, 6) is -0.272. The molecule has 0 saturated heterocycles. The van der Waals surface area contributed by atoms with Gasteiger partial charge >= 0.3 is 0 Å². The summed E-state index contributed by atoms with van der Waals surface area (Å²) in [6.45, 7) is 2.08. The van der Waals surface area contributed by atoms with Gasteiger partial charge in [-0.2, -0.15) is 5.10 Å². The van der Waals surface area contributed by atoms with E-state index < -0.39 is 0 Å². The van der Waals surface area contributed by atoms with Gasteiger partial charge in [-0.05, 0) is 62.3 Å². The van der Waals surface area contributed by atoms with E-state index in [1.54, 1.807) is 12.1 Å². The quantitative estimate of drug-likeness (QED) is 0.635. The Morgan fingerprint density at radius 3 is 2.61 bits per heavy atom. The fraction of sp³-hybridized carbons (Fsp3) is 0.231. The molecule has 0 saturated carbocycles.